The highest BCUT2D eigenvalue weighted by Crippen LogP contribution is 2.25. The zero-order valence-corrected chi connectivity index (χ0v) is 11.7. The van der Waals surface area contributed by atoms with E-state index in [0.717, 1.165) is 22.4 Å². The van der Waals surface area contributed by atoms with E-state index in [2.05, 4.69) is 18.2 Å². The Morgan fingerprint density at radius 1 is 0.905 bits per heavy atom. The van der Waals surface area contributed by atoms with Crippen LogP contribution in [0, 0.1) is 0 Å². The molecule has 3 nitrogen and oxygen atoms in total. The summed E-state index contributed by atoms with van der Waals surface area (Å²) in [4.78, 5) is 0. The molecule has 0 radical (unpaired) electrons. The lowest BCUT2D eigenvalue weighted by Crippen LogP contribution is -1.97. The highest BCUT2D eigenvalue weighted by molar-refractivity contribution is 5.70. The van der Waals surface area contributed by atoms with Crippen molar-refractivity contribution < 1.29 is 14.2 Å². The lowest BCUT2D eigenvalue weighted by molar-refractivity contribution is -0.0246. The van der Waals surface area contributed by atoms with Crippen molar-refractivity contribution in [3.8, 4) is 5.75 Å². The molecule has 0 atom stereocenters. The van der Waals surface area contributed by atoms with Crippen LogP contribution in [0.15, 0.2) is 61.1 Å². The molecule has 2 aromatic rings. The Morgan fingerprint density at radius 3 is 2.33 bits per heavy atom. The van der Waals surface area contributed by atoms with Crippen LogP contribution in [0.3, 0.4) is 0 Å². The first-order chi connectivity index (χ1) is 10.3. The molecule has 2 aromatic carbocycles. The summed E-state index contributed by atoms with van der Waals surface area (Å²) >= 11 is 0. The maximum atomic E-state index is 5.34. The van der Waals surface area contributed by atoms with E-state index in [9.17, 15) is 0 Å². The van der Waals surface area contributed by atoms with Crippen molar-refractivity contribution in [3.63, 3.8) is 0 Å². The maximum absolute atomic E-state index is 5.34. The highest BCUT2D eigenvalue weighted by atomic mass is 16.7. The van der Waals surface area contributed by atoms with E-state index < -0.39 is 0 Å². The van der Waals surface area contributed by atoms with Gasteiger partial charge in [0.2, 0.25) is 0 Å². The first-order valence-corrected chi connectivity index (χ1v) is 6.73. The zero-order valence-electron chi connectivity index (χ0n) is 11.7. The van der Waals surface area contributed by atoms with Crippen molar-refractivity contribution in [1.29, 1.82) is 0 Å². The predicted octanol–water partition coefficient (Wildman–Crippen LogP) is 4.38. The minimum Gasteiger partial charge on any atom is -0.497 e. The first-order valence-electron chi connectivity index (χ1n) is 6.73. The van der Waals surface area contributed by atoms with Crippen molar-refractivity contribution >= 4 is 12.2 Å². The van der Waals surface area contributed by atoms with Gasteiger partial charge in [0.25, 0.3) is 6.29 Å². The van der Waals surface area contributed by atoms with Crippen molar-refractivity contribution in [1.82, 2.24) is 0 Å². The monoisotopic (exact) mass is 280 g/mol. The Kier molecular flexibility index (Phi) is 3.92. The molecule has 3 heteroatoms. The molecule has 0 bridgehead atoms. The van der Waals surface area contributed by atoms with Gasteiger partial charge in [-0.15, -0.1) is 0 Å². The largest absolute Gasteiger partial charge is 0.497 e. The van der Waals surface area contributed by atoms with Crippen LogP contribution in [0.1, 0.15) is 23.0 Å². The first kappa shape index (κ1) is 13.3. The third kappa shape index (κ3) is 3.26. The van der Waals surface area contributed by atoms with Crippen molar-refractivity contribution in [2.75, 3.05) is 7.11 Å². The lowest BCUT2D eigenvalue weighted by Gasteiger charge is -2.10. The topological polar surface area (TPSA) is 27.7 Å². The molecule has 0 amide bonds. The van der Waals surface area contributed by atoms with E-state index >= 15 is 0 Å². The Morgan fingerprint density at radius 2 is 1.62 bits per heavy atom. The third-order valence-electron chi connectivity index (χ3n) is 3.23. The summed E-state index contributed by atoms with van der Waals surface area (Å²) in [6, 6.07) is 16.0. The molecule has 21 heavy (non-hydrogen) atoms. The summed E-state index contributed by atoms with van der Waals surface area (Å²) in [5.74, 6) is 0.858. The van der Waals surface area contributed by atoms with Crippen LogP contribution in [0.25, 0.3) is 12.2 Å². The fraction of sp³-hybridized carbons (Fsp3) is 0.111. The maximum Gasteiger partial charge on any atom is 0.266 e. The summed E-state index contributed by atoms with van der Waals surface area (Å²) < 4.78 is 15.8. The van der Waals surface area contributed by atoms with Crippen LogP contribution < -0.4 is 4.74 Å². The molecular formula is C18H16O3. The Hall–Kier alpha value is -2.68. The molecule has 1 aliphatic heterocycles. The Balaban J connectivity index is 1.74. The van der Waals surface area contributed by atoms with Crippen molar-refractivity contribution in [3.05, 3.63) is 77.7 Å². The molecule has 0 aromatic heterocycles. The molecule has 0 saturated carbocycles. The van der Waals surface area contributed by atoms with Crippen LogP contribution in [-0.4, -0.2) is 7.11 Å². The summed E-state index contributed by atoms with van der Waals surface area (Å²) in [6.45, 7) is 0. The van der Waals surface area contributed by atoms with Gasteiger partial charge in [-0.2, -0.15) is 0 Å². The normalized spacial score (nSPS) is 14.1. The fourth-order valence-corrected chi connectivity index (χ4v) is 2.11. The van der Waals surface area contributed by atoms with Gasteiger partial charge in [-0.05, 0) is 29.3 Å². The van der Waals surface area contributed by atoms with Gasteiger partial charge in [0.1, 0.15) is 18.3 Å². The smallest absolute Gasteiger partial charge is 0.266 e. The van der Waals surface area contributed by atoms with E-state index in [1.165, 1.54) is 0 Å². The molecule has 1 heterocycles. The summed E-state index contributed by atoms with van der Waals surface area (Å²) in [5.41, 5.74) is 3.22. The van der Waals surface area contributed by atoms with E-state index in [0.29, 0.717) is 0 Å². The van der Waals surface area contributed by atoms with Crippen LogP contribution in [0.4, 0.5) is 0 Å². The van der Waals surface area contributed by atoms with Crippen LogP contribution in [0.5, 0.6) is 5.75 Å². The number of benzene rings is 2. The van der Waals surface area contributed by atoms with E-state index in [4.69, 9.17) is 14.2 Å². The van der Waals surface area contributed by atoms with Gasteiger partial charge in [0, 0.05) is 5.56 Å². The molecule has 0 N–H and O–H groups in total. The van der Waals surface area contributed by atoms with E-state index in [-0.39, 0.29) is 6.29 Å². The average molecular weight is 280 g/mol. The van der Waals surface area contributed by atoms with Crippen molar-refractivity contribution in [2.24, 2.45) is 0 Å². The molecule has 0 fully saturated rings. The molecule has 0 aliphatic carbocycles. The second kappa shape index (κ2) is 6.18. The summed E-state index contributed by atoms with van der Waals surface area (Å²) in [7, 11) is 1.67. The van der Waals surface area contributed by atoms with Gasteiger partial charge in [-0.1, -0.05) is 42.5 Å². The van der Waals surface area contributed by atoms with Gasteiger partial charge >= 0.3 is 0 Å². The number of ether oxygens (including phenoxy) is 3. The number of hydrogen-bond acceptors (Lipinski definition) is 3. The fourth-order valence-electron chi connectivity index (χ4n) is 2.11. The predicted molar refractivity (Wildman–Crippen MR) is 82.4 cm³/mol. The number of methoxy groups -OCH3 is 1. The quantitative estimate of drug-likeness (QED) is 0.778. The molecule has 0 spiro atoms. The molecule has 3 rings (SSSR count). The number of hydrogen-bond donors (Lipinski definition) is 0. The van der Waals surface area contributed by atoms with E-state index in [1.807, 2.05) is 42.5 Å². The number of rotatable bonds is 4. The molecule has 0 saturated heterocycles. The van der Waals surface area contributed by atoms with Gasteiger partial charge in [-0.3, -0.25) is 0 Å². The van der Waals surface area contributed by atoms with Crippen LogP contribution in [-0.2, 0) is 9.47 Å². The van der Waals surface area contributed by atoms with Gasteiger partial charge in [0.05, 0.1) is 7.11 Å². The van der Waals surface area contributed by atoms with Crippen LogP contribution >= 0.6 is 0 Å². The van der Waals surface area contributed by atoms with Crippen LogP contribution in [0.2, 0.25) is 0 Å². The molecule has 106 valence electrons. The third-order valence-corrected chi connectivity index (χ3v) is 3.23. The molecule has 0 unspecified atom stereocenters. The highest BCUT2D eigenvalue weighted by Gasteiger charge is 2.14. The van der Waals surface area contributed by atoms with Gasteiger partial charge < -0.3 is 14.2 Å². The Bertz CT molecular complexity index is 648. The van der Waals surface area contributed by atoms with Gasteiger partial charge in [0.15, 0.2) is 0 Å². The average Bonchev–Trinajstić information content (AvgIpc) is 3.08. The van der Waals surface area contributed by atoms with Gasteiger partial charge in [-0.25, -0.2) is 0 Å². The van der Waals surface area contributed by atoms with Crippen molar-refractivity contribution in [2.45, 2.75) is 6.29 Å². The summed E-state index contributed by atoms with van der Waals surface area (Å²) in [6.07, 6.45) is 6.91. The SMILES string of the molecule is COc1ccc(C=Cc2cccc(C3OC=CO3)c2)cc1. The minimum absolute atomic E-state index is 0.334. The summed E-state index contributed by atoms with van der Waals surface area (Å²) in [5, 5.41) is 0. The second-order valence-corrected chi connectivity index (χ2v) is 4.65. The minimum atomic E-state index is -0.334. The molecule has 1 aliphatic rings. The standard InChI is InChI=1S/C18H16O3/c1-19-17-9-7-14(8-10-17)5-6-15-3-2-4-16(13-15)18-20-11-12-21-18/h2-13,18H,1H3. The Labute approximate surface area is 124 Å². The zero-order chi connectivity index (χ0) is 14.5. The van der Waals surface area contributed by atoms with E-state index in [1.54, 1.807) is 19.6 Å². The second-order valence-electron chi connectivity index (χ2n) is 4.65. The lowest BCUT2D eigenvalue weighted by atomic mass is 10.1. The molecular weight excluding hydrogens is 264 g/mol.